The van der Waals surface area contributed by atoms with Crippen molar-refractivity contribution in [2.75, 3.05) is 0 Å². The second-order valence-corrected chi connectivity index (χ2v) is 18.5. The van der Waals surface area contributed by atoms with Gasteiger partial charge in [0.15, 0.2) is 0 Å². The van der Waals surface area contributed by atoms with Gasteiger partial charge in [-0.2, -0.15) is 0 Å². The number of fused-ring (bicyclic) bond motifs is 6. The minimum Gasteiger partial charge on any atom is -0.0870 e. The molecule has 2 aliphatic rings. The van der Waals surface area contributed by atoms with Gasteiger partial charge in [0.25, 0.3) is 0 Å². The summed E-state index contributed by atoms with van der Waals surface area (Å²) < 4.78 is 0. The largest absolute Gasteiger partial charge is 0.0870 e. The first-order chi connectivity index (χ1) is 32.1. The maximum absolute atomic E-state index is 2.52. The van der Waals surface area contributed by atoms with Gasteiger partial charge in [-0.3, -0.25) is 0 Å². The van der Waals surface area contributed by atoms with Crippen molar-refractivity contribution in [2.45, 2.75) is 113 Å². The number of allylic oxidation sites excluding steroid dienone is 4. The van der Waals surface area contributed by atoms with Crippen LogP contribution in [-0.2, 0) is 11.8 Å². The fourth-order valence-corrected chi connectivity index (χ4v) is 10.1. The minimum atomic E-state index is -0.0668. The second-order valence-electron chi connectivity index (χ2n) is 18.5. The van der Waals surface area contributed by atoms with Crippen molar-refractivity contribution in [2.24, 2.45) is 0 Å². The van der Waals surface area contributed by atoms with E-state index in [1.807, 2.05) is 38.1 Å². The molecule has 2 aliphatic carbocycles. The zero-order valence-electron chi connectivity index (χ0n) is 41.3. The normalized spacial score (nSPS) is 14.3. The number of rotatable bonds is 8. The van der Waals surface area contributed by atoms with E-state index in [9.17, 15) is 0 Å². The van der Waals surface area contributed by atoms with Crippen LogP contribution in [0, 0.1) is 13.8 Å². The average molecular weight is 879 g/mol. The second kappa shape index (κ2) is 22.8. The summed E-state index contributed by atoms with van der Waals surface area (Å²) in [6.07, 6.45) is 7.83. The molecular formula is C67H74. The van der Waals surface area contributed by atoms with Crippen LogP contribution < -0.4 is 0 Å². The highest BCUT2D eigenvalue weighted by Crippen LogP contribution is 2.53. The van der Waals surface area contributed by atoms with Gasteiger partial charge < -0.3 is 0 Å². The minimum absolute atomic E-state index is 0. The van der Waals surface area contributed by atoms with E-state index in [1.165, 1.54) is 107 Å². The Bertz CT molecular complexity index is 2920. The van der Waals surface area contributed by atoms with Gasteiger partial charge in [-0.15, -0.1) is 0 Å². The standard InChI is InChI=1S/C44H44.C13H12.C7H8.C2H6.CH4/c1-7-14-34-29(4)40-25-31(20-22-37(40)36(34)15-8-2)28(3)32-21-23-39-41(26-32)44(5,6)42-27-33(24-30-16-10-9-11-17-30)35-18-12-13-19-38(35)43(39)42;1-11-6-5-9-13(10-11)12-7-3-2-4-8-12;1-7-5-3-2-4-6-7;1-2;/h8-13,15-23,25-29H,7,14,24H2,1-6H3;2-10H,1H3;2-6H,1H3;1-2H3;1H4/b15-8-;;;;. The molecule has 0 amide bonds. The fraction of sp³-hybridized carbons (Fsp3) is 0.254. The van der Waals surface area contributed by atoms with E-state index < -0.39 is 0 Å². The Morgan fingerprint density at radius 2 is 1.15 bits per heavy atom. The third-order valence-electron chi connectivity index (χ3n) is 13.6. The molecule has 0 N–H and O–H groups in total. The summed E-state index contributed by atoms with van der Waals surface area (Å²) in [4.78, 5) is 0. The monoisotopic (exact) mass is 879 g/mol. The summed E-state index contributed by atoms with van der Waals surface area (Å²) in [5.74, 6) is 0.804. The fourth-order valence-electron chi connectivity index (χ4n) is 10.1. The molecule has 0 aliphatic heterocycles. The lowest BCUT2D eigenvalue weighted by atomic mass is 9.79. The molecule has 10 rings (SSSR count). The highest BCUT2D eigenvalue weighted by Gasteiger charge is 2.38. The molecule has 0 heterocycles. The topological polar surface area (TPSA) is 0 Å². The van der Waals surface area contributed by atoms with Crippen LogP contribution in [0.15, 0.2) is 200 Å². The van der Waals surface area contributed by atoms with Gasteiger partial charge in [-0.25, -0.2) is 0 Å². The molecule has 0 saturated carbocycles. The van der Waals surface area contributed by atoms with Crippen molar-refractivity contribution in [3.05, 3.63) is 255 Å². The zero-order valence-corrected chi connectivity index (χ0v) is 41.3. The Balaban J connectivity index is 0.000000264. The summed E-state index contributed by atoms with van der Waals surface area (Å²) in [5, 5.41) is 2.75. The highest BCUT2D eigenvalue weighted by molar-refractivity contribution is 6.04. The Hall–Kier alpha value is -6.50. The first kappa shape index (κ1) is 49.9. The van der Waals surface area contributed by atoms with Crippen LogP contribution in [0.4, 0.5) is 0 Å². The van der Waals surface area contributed by atoms with Gasteiger partial charge in [0.05, 0.1) is 0 Å². The maximum Gasteiger partial charge on any atom is 0.0159 e. The van der Waals surface area contributed by atoms with Crippen LogP contribution in [0.1, 0.15) is 143 Å². The molecule has 0 aromatic heterocycles. The number of hydrogen-bond donors (Lipinski definition) is 0. The molecule has 8 aromatic carbocycles. The van der Waals surface area contributed by atoms with Gasteiger partial charge >= 0.3 is 0 Å². The molecule has 2 unspecified atom stereocenters. The van der Waals surface area contributed by atoms with Gasteiger partial charge in [-0.1, -0.05) is 273 Å². The molecular weight excluding hydrogens is 805 g/mol. The maximum atomic E-state index is 2.52. The average Bonchev–Trinajstić information content (AvgIpc) is 3.74. The molecule has 0 nitrogen and oxygen atoms in total. The first-order valence-corrected chi connectivity index (χ1v) is 24.5. The van der Waals surface area contributed by atoms with Crippen LogP contribution in [0.25, 0.3) is 38.6 Å². The number of hydrogen-bond acceptors (Lipinski definition) is 0. The van der Waals surface area contributed by atoms with E-state index >= 15 is 0 Å². The summed E-state index contributed by atoms with van der Waals surface area (Å²) in [5.41, 5.74) is 22.4. The van der Waals surface area contributed by atoms with E-state index in [2.05, 4.69) is 225 Å². The highest BCUT2D eigenvalue weighted by atomic mass is 14.4. The van der Waals surface area contributed by atoms with Gasteiger partial charge in [0.1, 0.15) is 0 Å². The molecule has 0 saturated heterocycles. The van der Waals surface area contributed by atoms with Crippen LogP contribution in [-0.4, -0.2) is 0 Å². The molecule has 8 aromatic rings. The number of aryl methyl sites for hydroxylation is 2. The van der Waals surface area contributed by atoms with E-state index in [0.29, 0.717) is 11.8 Å². The van der Waals surface area contributed by atoms with E-state index in [4.69, 9.17) is 0 Å². The van der Waals surface area contributed by atoms with Crippen LogP contribution in [0.5, 0.6) is 0 Å². The number of benzene rings is 8. The molecule has 0 fully saturated rings. The van der Waals surface area contributed by atoms with E-state index in [1.54, 1.807) is 5.57 Å². The summed E-state index contributed by atoms with van der Waals surface area (Å²) in [7, 11) is 0. The zero-order chi connectivity index (χ0) is 46.8. The van der Waals surface area contributed by atoms with Gasteiger partial charge in [0.2, 0.25) is 0 Å². The quantitative estimate of drug-likeness (QED) is 0.143. The van der Waals surface area contributed by atoms with Crippen LogP contribution in [0.2, 0.25) is 0 Å². The molecule has 2 atom stereocenters. The summed E-state index contributed by atoms with van der Waals surface area (Å²) in [6, 6.07) is 66.3. The molecule has 0 bridgehead atoms. The molecule has 67 heavy (non-hydrogen) atoms. The smallest absolute Gasteiger partial charge is 0.0159 e. The van der Waals surface area contributed by atoms with Crippen molar-refractivity contribution >= 4 is 16.3 Å². The van der Waals surface area contributed by atoms with Crippen molar-refractivity contribution in [1.82, 2.24) is 0 Å². The lowest BCUT2D eigenvalue weighted by Crippen LogP contribution is -2.16. The summed E-state index contributed by atoms with van der Waals surface area (Å²) in [6.45, 7) is 22.3. The van der Waals surface area contributed by atoms with Crippen molar-refractivity contribution in [1.29, 1.82) is 0 Å². The third kappa shape index (κ3) is 10.9. The Morgan fingerprint density at radius 3 is 1.76 bits per heavy atom. The lowest BCUT2D eigenvalue weighted by Gasteiger charge is -2.24. The molecule has 342 valence electrons. The Labute approximate surface area is 405 Å². The van der Waals surface area contributed by atoms with Gasteiger partial charge in [0, 0.05) is 17.3 Å². The molecule has 0 radical (unpaired) electrons. The van der Waals surface area contributed by atoms with Crippen molar-refractivity contribution in [3.63, 3.8) is 0 Å². The van der Waals surface area contributed by atoms with Crippen molar-refractivity contribution in [3.8, 4) is 22.3 Å². The molecule has 0 spiro atoms. The Morgan fingerprint density at radius 1 is 0.582 bits per heavy atom. The predicted octanol–water partition coefficient (Wildman–Crippen LogP) is 19.5. The SMILES string of the molecule is C.C/C=C\C1=C(CCC)C(C)c2cc(C(C)c3ccc4c(c3)C(C)(C)c3cc(Cc5ccccc5)c5ccccc5c3-4)ccc21.CC.Cc1cccc(-c2ccccc2)c1.Cc1ccccc1. The van der Waals surface area contributed by atoms with Crippen LogP contribution in [0.3, 0.4) is 0 Å². The lowest BCUT2D eigenvalue weighted by molar-refractivity contribution is 0.658. The summed E-state index contributed by atoms with van der Waals surface area (Å²) >= 11 is 0. The predicted molar refractivity (Wildman–Crippen MR) is 296 cm³/mol. The van der Waals surface area contributed by atoms with Crippen LogP contribution >= 0.6 is 0 Å². The first-order valence-electron chi connectivity index (χ1n) is 24.5. The van der Waals surface area contributed by atoms with Gasteiger partial charge in [-0.05, 0) is 117 Å². The van der Waals surface area contributed by atoms with E-state index in [0.717, 1.165) is 6.42 Å². The van der Waals surface area contributed by atoms with E-state index in [-0.39, 0.29) is 12.8 Å². The Kier molecular flexibility index (Phi) is 17.0. The van der Waals surface area contributed by atoms with Crippen molar-refractivity contribution < 1.29 is 0 Å². The molecule has 0 heteroatoms. The third-order valence-corrected chi connectivity index (χ3v) is 13.6.